The van der Waals surface area contributed by atoms with Crippen LogP contribution in [0.1, 0.15) is 26.7 Å². The fourth-order valence-corrected chi connectivity index (χ4v) is 2.09. The summed E-state index contributed by atoms with van der Waals surface area (Å²) in [4.78, 5) is 0. The van der Waals surface area contributed by atoms with E-state index in [1.165, 1.54) is 0 Å². The molecule has 2 unspecified atom stereocenters. The van der Waals surface area contributed by atoms with Gasteiger partial charge in [-0.3, -0.25) is 0 Å². The first-order valence-electron chi connectivity index (χ1n) is 4.57. The number of hydrogen-bond donors (Lipinski definition) is 2. The van der Waals surface area contributed by atoms with Crippen LogP contribution in [0.3, 0.4) is 0 Å². The summed E-state index contributed by atoms with van der Waals surface area (Å²) in [5, 5.41) is 12.5. The average Bonchev–Trinajstić information content (AvgIpc) is 2.02. The number of rotatable bonds is 2. The lowest BCUT2D eigenvalue weighted by atomic mass is 9.85. The van der Waals surface area contributed by atoms with Gasteiger partial charge in [-0.2, -0.15) is 0 Å². The Balaban J connectivity index is 2.62. The van der Waals surface area contributed by atoms with Gasteiger partial charge in [0, 0.05) is 5.54 Å². The standard InChI is InChI=1S/C9H19NO2/c1-7-4-9(6-11,10-3)5-8(2)12-7/h7-8,10-11H,4-6H2,1-3H3. The number of aliphatic hydroxyl groups is 1. The van der Waals surface area contributed by atoms with Gasteiger partial charge in [0.05, 0.1) is 18.8 Å². The number of likely N-dealkylation sites (N-methyl/N-ethyl adjacent to an activating group) is 1. The Hall–Kier alpha value is -0.120. The number of nitrogens with one attached hydrogen (secondary N) is 1. The monoisotopic (exact) mass is 173 g/mol. The molecule has 0 saturated carbocycles. The third-order valence-corrected chi connectivity index (χ3v) is 2.65. The highest BCUT2D eigenvalue weighted by Crippen LogP contribution is 2.27. The molecular formula is C9H19NO2. The molecule has 3 nitrogen and oxygen atoms in total. The largest absolute Gasteiger partial charge is 0.394 e. The first kappa shape index (κ1) is 9.96. The van der Waals surface area contributed by atoms with Gasteiger partial charge in [0.25, 0.3) is 0 Å². The minimum atomic E-state index is -0.114. The Kier molecular flexibility index (Phi) is 3.09. The van der Waals surface area contributed by atoms with Gasteiger partial charge < -0.3 is 15.2 Å². The van der Waals surface area contributed by atoms with E-state index in [9.17, 15) is 5.11 Å². The third-order valence-electron chi connectivity index (χ3n) is 2.65. The summed E-state index contributed by atoms with van der Waals surface area (Å²) < 4.78 is 5.59. The van der Waals surface area contributed by atoms with Crippen LogP contribution in [0.2, 0.25) is 0 Å². The van der Waals surface area contributed by atoms with Crippen molar-refractivity contribution in [2.24, 2.45) is 0 Å². The van der Waals surface area contributed by atoms with E-state index in [1.807, 2.05) is 7.05 Å². The van der Waals surface area contributed by atoms with Crippen LogP contribution in [-0.2, 0) is 4.74 Å². The van der Waals surface area contributed by atoms with E-state index in [4.69, 9.17) is 4.74 Å². The normalized spacial score (nSPS) is 43.0. The highest BCUT2D eigenvalue weighted by molar-refractivity contribution is 4.93. The molecule has 0 amide bonds. The van der Waals surface area contributed by atoms with Crippen LogP contribution >= 0.6 is 0 Å². The van der Waals surface area contributed by atoms with Crippen molar-refractivity contribution < 1.29 is 9.84 Å². The van der Waals surface area contributed by atoms with Crippen molar-refractivity contribution in [2.75, 3.05) is 13.7 Å². The van der Waals surface area contributed by atoms with Gasteiger partial charge in [0.15, 0.2) is 0 Å². The van der Waals surface area contributed by atoms with Crippen LogP contribution in [-0.4, -0.2) is 36.5 Å². The lowest BCUT2D eigenvalue weighted by Gasteiger charge is -2.41. The van der Waals surface area contributed by atoms with E-state index in [-0.39, 0.29) is 24.4 Å². The topological polar surface area (TPSA) is 41.5 Å². The molecule has 0 aromatic rings. The fourth-order valence-electron chi connectivity index (χ4n) is 2.09. The Bertz CT molecular complexity index is 133. The smallest absolute Gasteiger partial charge is 0.0615 e. The zero-order chi connectivity index (χ0) is 9.19. The van der Waals surface area contributed by atoms with Gasteiger partial charge in [0.1, 0.15) is 0 Å². The van der Waals surface area contributed by atoms with Gasteiger partial charge in [-0.1, -0.05) is 0 Å². The van der Waals surface area contributed by atoms with E-state index in [0.717, 1.165) is 12.8 Å². The van der Waals surface area contributed by atoms with Crippen molar-refractivity contribution in [3.63, 3.8) is 0 Å². The summed E-state index contributed by atoms with van der Waals surface area (Å²) in [5.41, 5.74) is -0.114. The SMILES string of the molecule is CNC1(CO)CC(C)OC(C)C1. The lowest BCUT2D eigenvalue weighted by molar-refractivity contribution is -0.0792. The van der Waals surface area contributed by atoms with Crippen LogP contribution in [0.4, 0.5) is 0 Å². The molecule has 1 aliphatic rings. The Morgan fingerprint density at radius 1 is 1.42 bits per heavy atom. The van der Waals surface area contributed by atoms with Crippen LogP contribution < -0.4 is 5.32 Å². The maximum absolute atomic E-state index is 9.26. The van der Waals surface area contributed by atoms with Gasteiger partial charge in [-0.15, -0.1) is 0 Å². The maximum atomic E-state index is 9.26. The molecule has 3 heteroatoms. The van der Waals surface area contributed by atoms with Crippen molar-refractivity contribution in [2.45, 2.75) is 44.4 Å². The molecule has 72 valence electrons. The summed E-state index contributed by atoms with van der Waals surface area (Å²) in [6.45, 7) is 4.30. The van der Waals surface area contributed by atoms with E-state index in [0.29, 0.717) is 0 Å². The Morgan fingerprint density at radius 2 is 1.92 bits per heavy atom. The highest BCUT2D eigenvalue weighted by Gasteiger charge is 2.36. The second-order valence-corrected chi connectivity index (χ2v) is 3.85. The fraction of sp³-hybridized carbons (Fsp3) is 1.00. The maximum Gasteiger partial charge on any atom is 0.0615 e. The molecule has 2 atom stereocenters. The van der Waals surface area contributed by atoms with Crippen molar-refractivity contribution in [3.8, 4) is 0 Å². The molecule has 0 aromatic carbocycles. The van der Waals surface area contributed by atoms with Crippen LogP contribution in [0.25, 0.3) is 0 Å². The minimum absolute atomic E-state index is 0.114. The number of hydrogen-bond acceptors (Lipinski definition) is 3. The molecule has 1 fully saturated rings. The van der Waals surface area contributed by atoms with Gasteiger partial charge in [-0.25, -0.2) is 0 Å². The Labute approximate surface area is 74.1 Å². The predicted molar refractivity (Wildman–Crippen MR) is 48.1 cm³/mol. The Morgan fingerprint density at radius 3 is 2.25 bits per heavy atom. The first-order chi connectivity index (χ1) is 5.62. The molecule has 0 aromatic heterocycles. The quantitative estimate of drug-likeness (QED) is 0.640. The average molecular weight is 173 g/mol. The molecule has 2 N–H and O–H groups in total. The zero-order valence-electron chi connectivity index (χ0n) is 8.13. The van der Waals surface area contributed by atoms with Crippen LogP contribution in [0.15, 0.2) is 0 Å². The van der Waals surface area contributed by atoms with E-state index in [2.05, 4.69) is 19.2 Å². The van der Waals surface area contributed by atoms with Gasteiger partial charge >= 0.3 is 0 Å². The third kappa shape index (κ3) is 1.97. The summed E-state index contributed by atoms with van der Waals surface area (Å²) in [5.74, 6) is 0. The molecule has 1 aliphatic heterocycles. The highest BCUT2D eigenvalue weighted by atomic mass is 16.5. The second kappa shape index (κ2) is 3.73. The molecule has 1 saturated heterocycles. The summed E-state index contributed by atoms with van der Waals surface area (Å²) in [6.07, 6.45) is 2.27. The van der Waals surface area contributed by atoms with Gasteiger partial charge in [-0.05, 0) is 33.7 Å². The molecule has 1 heterocycles. The first-order valence-corrected chi connectivity index (χ1v) is 4.57. The summed E-state index contributed by atoms with van der Waals surface area (Å²) in [6, 6.07) is 0. The minimum Gasteiger partial charge on any atom is -0.394 e. The molecule has 0 bridgehead atoms. The number of aliphatic hydroxyl groups excluding tert-OH is 1. The van der Waals surface area contributed by atoms with Crippen LogP contribution in [0.5, 0.6) is 0 Å². The second-order valence-electron chi connectivity index (χ2n) is 3.85. The lowest BCUT2D eigenvalue weighted by Crippen LogP contribution is -2.54. The van der Waals surface area contributed by atoms with E-state index < -0.39 is 0 Å². The molecule has 0 aliphatic carbocycles. The summed E-state index contributed by atoms with van der Waals surface area (Å²) in [7, 11) is 1.90. The molecule has 0 spiro atoms. The summed E-state index contributed by atoms with van der Waals surface area (Å²) >= 11 is 0. The molecular weight excluding hydrogens is 154 g/mol. The predicted octanol–water partition coefficient (Wildman–Crippen LogP) is 0.524. The van der Waals surface area contributed by atoms with E-state index >= 15 is 0 Å². The molecule has 12 heavy (non-hydrogen) atoms. The van der Waals surface area contributed by atoms with Gasteiger partial charge in [0.2, 0.25) is 0 Å². The van der Waals surface area contributed by atoms with Crippen molar-refractivity contribution >= 4 is 0 Å². The van der Waals surface area contributed by atoms with Crippen molar-refractivity contribution in [3.05, 3.63) is 0 Å². The number of ether oxygens (including phenoxy) is 1. The zero-order valence-corrected chi connectivity index (χ0v) is 8.13. The van der Waals surface area contributed by atoms with Crippen molar-refractivity contribution in [1.82, 2.24) is 5.32 Å². The molecule has 1 rings (SSSR count). The van der Waals surface area contributed by atoms with Crippen LogP contribution in [0, 0.1) is 0 Å². The van der Waals surface area contributed by atoms with E-state index in [1.54, 1.807) is 0 Å². The molecule has 0 radical (unpaired) electrons. The van der Waals surface area contributed by atoms with Crippen molar-refractivity contribution in [1.29, 1.82) is 0 Å².